The van der Waals surface area contributed by atoms with Crippen LogP contribution in [0, 0.1) is 31.6 Å². The molecular weight excluding hydrogens is 508 g/mol. The Morgan fingerprint density at radius 1 is 0.976 bits per heavy atom. The lowest BCUT2D eigenvalue weighted by Crippen LogP contribution is -2.34. The zero-order valence-electron chi connectivity index (χ0n) is 25.9. The van der Waals surface area contributed by atoms with Crippen molar-refractivity contribution in [3.05, 3.63) is 111 Å². The van der Waals surface area contributed by atoms with Gasteiger partial charge in [-0.25, -0.2) is 0 Å². The van der Waals surface area contributed by atoms with E-state index < -0.39 is 0 Å². The predicted molar refractivity (Wildman–Crippen MR) is 177 cm³/mol. The first-order chi connectivity index (χ1) is 20.3. The first-order valence-electron chi connectivity index (χ1n) is 16.2. The Kier molecular flexibility index (Phi) is 6.96. The molecule has 1 nitrogen and oxygen atoms in total. The van der Waals surface area contributed by atoms with Gasteiger partial charge in [0.1, 0.15) is 5.78 Å². The highest BCUT2D eigenvalue weighted by atomic mass is 16.1. The van der Waals surface area contributed by atoms with Crippen LogP contribution in [0.1, 0.15) is 103 Å². The quantitative estimate of drug-likeness (QED) is 0.288. The van der Waals surface area contributed by atoms with Gasteiger partial charge in [-0.05, 0) is 145 Å². The topological polar surface area (TPSA) is 17.1 Å². The number of benzene rings is 3. The monoisotopic (exact) mass is 552 g/mol. The Morgan fingerprint density at radius 3 is 2.55 bits per heavy atom. The zero-order valence-corrected chi connectivity index (χ0v) is 25.9. The summed E-state index contributed by atoms with van der Waals surface area (Å²) in [6.07, 6.45) is 13.5. The number of rotatable bonds is 5. The highest BCUT2D eigenvalue weighted by Gasteiger charge is 2.39. The number of fused-ring (bicyclic) bond motifs is 3. The van der Waals surface area contributed by atoms with Crippen LogP contribution in [-0.2, 0) is 17.6 Å². The van der Waals surface area contributed by atoms with Crippen molar-refractivity contribution < 1.29 is 4.79 Å². The summed E-state index contributed by atoms with van der Waals surface area (Å²) in [6, 6.07) is 18.8. The van der Waals surface area contributed by atoms with Crippen molar-refractivity contribution >= 4 is 23.0 Å². The molecule has 42 heavy (non-hydrogen) atoms. The summed E-state index contributed by atoms with van der Waals surface area (Å²) in [6.45, 7) is 13.2. The summed E-state index contributed by atoms with van der Waals surface area (Å²) in [5.74, 6) is 2.53. The minimum Gasteiger partial charge on any atom is -0.299 e. The van der Waals surface area contributed by atoms with E-state index in [2.05, 4.69) is 95.0 Å². The van der Waals surface area contributed by atoms with E-state index in [1.807, 2.05) is 0 Å². The molecule has 3 aromatic rings. The molecular formula is C41H44O. The molecule has 2 fully saturated rings. The van der Waals surface area contributed by atoms with E-state index in [9.17, 15) is 4.79 Å². The Labute approximate surface area is 252 Å². The SMILES string of the molecule is C=C(C)Cc1c(C)cc2c(c1-c1ccc(C)cc1)CC(c1ccc3c(c1)C(C1CCC4C(=O)CCC[C@@H]4C1)=CC3C)=C2. The standard InChI is InChI=1S/C41H44O/c1-24(2)17-36-26(4)18-33-21-32(23-38(33)41(36)28-11-9-25(3)10-12-28)29-13-15-34-27(5)19-37(39(34)22-29)31-14-16-35-30(20-31)7-6-8-40(35)42/h9-13,15,18-19,21-22,27,30-31,35H,1,6-8,14,16-17,20,23H2,2-5H3/t27?,30-,31?,35?/m1/s1. The third kappa shape index (κ3) is 4.76. The number of hydrogen-bond donors (Lipinski definition) is 0. The molecule has 0 saturated heterocycles. The summed E-state index contributed by atoms with van der Waals surface area (Å²) < 4.78 is 0. The first kappa shape index (κ1) is 27.4. The molecule has 0 spiro atoms. The van der Waals surface area contributed by atoms with E-state index in [4.69, 9.17) is 0 Å². The van der Waals surface area contributed by atoms with Crippen molar-refractivity contribution in [3.63, 3.8) is 0 Å². The summed E-state index contributed by atoms with van der Waals surface area (Å²) in [5.41, 5.74) is 18.1. The molecule has 4 atom stereocenters. The third-order valence-corrected chi connectivity index (χ3v) is 10.8. The second-order valence-corrected chi connectivity index (χ2v) is 13.9. The van der Waals surface area contributed by atoms with Crippen LogP contribution in [0.4, 0.5) is 0 Å². The molecule has 0 aliphatic heterocycles. The molecule has 0 radical (unpaired) electrons. The molecule has 4 aliphatic rings. The zero-order chi connectivity index (χ0) is 29.1. The van der Waals surface area contributed by atoms with Gasteiger partial charge in [0.05, 0.1) is 0 Å². The van der Waals surface area contributed by atoms with Crippen LogP contribution in [0.25, 0.3) is 28.3 Å². The summed E-state index contributed by atoms with van der Waals surface area (Å²) >= 11 is 0. The Morgan fingerprint density at radius 2 is 1.76 bits per heavy atom. The Hall–Kier alpha value is -3.45. The lowest BCUT2D eigenvalue weighted by atomic mass is 9.65. The fraction of sp³-hybridized carbons (Fsp3) is 0.390. The highest BCUT2D eigenvalue weighted by Crippen LogP contribution is 2.50. The second-order valence-electron chi connectivity index (χ2n) is 13.9. The number of carbonyl (C=O) groups excluding carboxylic acids is 1. The molecule has 4 aliphatic carbocycles. The average molecular weight is 553 g/mol. The minimum absolute atomic E-state index is 0.336. The van der Waals surface area contributed by atoms with E-state index in [1.165, 1.54) is 79.6 Å². The van der Waals surface area contributed by atoms with E-state index >= 15 is 0 Å². The van der Waals surface area contributed by atoms with E-state index in [0.29, 0.717) is 29.5 Å². The van der Waals surface area contributed by atoms with Crippen molar-refractivity contribution in [1.82, 2.24) is 0 Å². The van der Waals surface area contributed by atoms with Gasteiger partial charge in [-0.1, -0.05) is 79.3 Å². The van der Waals surface area contributed by atoms with Crippen molar-refractivity contribution in [3.8, 4) is 11.1 Å². The number of allylic oxidation sites excluding steroid dienone is 4. The fourth-order valence-electron chi connectivity index (χ4n) is 8.68. The number of carbonyl (C=O) groups is 1. The number of Topliss-reactive ketones (excluding diaryl/α,β-unsaturated/α-hetero) is 1. The van der Waals surface area contributed by atoms with Crippen molar-refractivity contribution in [2.24, 2.45) is 17.8 Å². The van der Waals surface area contributed by atoms with Crippen LogP contribution in [0.3, 0.4) is 0 Å². The van der Waals surface area contributed by atoms with Crippen LogP contribution in [0.15, 0.2) is 66.8 Å². The van der Waals surface area contributed by atoms with Crippen LogP contribution in [0.2, 0.25) is 0 Å². The van der Waals surface area contributed by atoms with Gasteiger partial charge in [-0.2, -0.15) is 0 Å². The summed E-state index contributed by atoms with van der Waals surface area (Å²) in [7, 11) is 0. The lowest BCUT2D eigenvalue weighted by molar-refractivity contribution is -0.128. The van der Waals surface area contributed by atoms with Gasteiger partial charge >= 0.3 is 0 Å². The molecule has 1 heteroatoms. The molecule has 0 bridgehead atoms. The molecule has 0 amide bonds. The van der Waals surface area contributed by atoms with Crippen molar-refractivity contribution in [2.45, 2.75) is 85.0 Å². The lowest BCUT2D eigenvalue weighted by Gasteiger charge is -2.39. The first-order valence-corrected chi connectivity index (χ1v) is 16.2. The fourth-order valence-corrected chi connectivity index (χ4v) is 8.68. The van der Waals surface area contributed by atoms with E-state index in [-0.39, 0.29) is 0 Å². The number of hydrogen-bond acceptors (Lipinski definition) is 1. The molecule has 3 unspecified atom stereocenters. The second kappa shape index (κ2) is 10.7. The average Bonchev–Trinajstić information content (AvgIpc) is 3.54. The minimum atomic E-state index is 0.336. The van der Waals surface area contributed by atoms with Crippen molar-refractivity contribution in [1.29, 1.82) is 0 Å². The van der Waals surface area contributed by atoms with Gasteiger partial charge in [0.25, 0.3) is 0 Å². The van der Waals surface area contributed by atoms with Gasteiger partial charge < -0.3 is 0 Å². The van der Waals surface area contributed by atoms with Crippen LogP contribution in [0.5, 0.6) is 0 Å². The molecule has 214 valence electrons. The molecule has 0 heterocycles. The third-order valence-electron chi connectivity index (χ3n) is 10.8. The summed E-state index contributed by atoms with van der Waals surface area (Å²) in [4.78, 5) is 12.6. The van der Waals surface area contributed by atoms with Gasteiger partial charge in [-0.15, -0.1) is 0 Å². The smallest absolute Gasteiger partial charge is 0.136 e. The van der Waals surface area contributed by atoms with Gasteiger partial charge in [0.15, 0.2) is 0 Å². The maximum absolute atomic E-state index is 12.6. The Balaban J connectivity index is 1.22. The highest BCUT2D eigenvalue weighted by molar-refractivity contribution is 5.94. The summed E-state index contributed by atoms with van der Waals surface area (Å²) in [5, 5.41) is 0. The number of aryl methyl sites for hydroxylation is 2. The molecule has 0 aromatic heterocycles. The van der Waals surface area contributed by atoms with E-state index in [1.54, 1.807) is 5.57 Å². The molecule has 3 aromatic carbocycles. The van der Waals surface area contributed by atoms with Crippen LogP contribution >= 0.6 is 0 Å². The maximum atomic E-state index is 12.6. The molecule has 7 rings (SSSR count). The van der Waals surface area contributed by atoms with Gasteiger partial charge in [0.2, 0.25) is 0 Å². The predicted octanol–water partition coefficient (Wildman–Crippen LogP) is 10.5. The van der Waals surface area contributed by atoms with Gasteiger partial charge in [0, 0.05) is 18.3 Å². The van der Waals surface area contributed by atoms with Crippen LogP contribution < -0.4 is 0 Å². The number of ketones is 1. The largest absolute Gasteiger partial charge is 0.299 e. The van der Waals surface area contributed by atoms with Gasteiger partial charge in [-0.3, -0.25) is 4.79 Å². The van der Waals surface area contributed by atoms with Crippen LogP contribution in [-0.4, -0.2) is 5.78 Å². The molecule has 2 saturated carbocycles. The van der Waals surface area contributed by atoms with Crippen molar-refractivity contribution in [2.75, 3.05) is 0 Å². The van der Waals surface area contributed by atoms with E-state index in [0.717, 1.165) is 38.5 Å². The normalized spacial score (nSPS) is 24.5. The maximum Gasteiger partial charge on any atom is 0.136 e. The molecule has 0 N–H and O–H groups in total. The Bertz CT molecular complexity index is 1660.